The number of aromatic nitrogens is 3. The van der Waals surface area contributed by atoms with E-state index in [0.717, 1.165) is 69.8 Å². The highest BCUT2D eigenvalue weighted by molar-refractivity contribution is 4.99. The lowest BCUT2D eigenvalue weighted by Gasteiger charge is -2.34. The summed E-state index contributed by atoms with van der Waals surface area (Å²) in [6.45, 7) is 11.0. The average Bonchev–Trinajstić information content (AvgIpc) is 2.92. The maximum Gasteiger partial charge on any atom is 0.147 e. The van der Waals surface area contributed by atoms with Gasteiger partial charge in [-0.2, -0.15) is 0 Å². The van der Waals surface area contributed by atoms with E-state index in [-0.39, 0.29) is 6.10 Å². The third kappa shape index (κ3) is 3.67. The molecule has 1 atom stereocenters. The molecule has 0 bridgehead atoms. The van der Waals surface area contributed by atoms with Crippen LogP contribution >= 0.6 is 0 Å². The zero-order valence-corrected chi connectivity index (χ0v) is 13.9. The predicted molar refractivity (Wildman–Crippen MR) is 85.5 cm³/mol. The minimum Gasteiger partial charge on any atom is -0.390 e. The maximum atomic E-state index is 10.4. The summed E-state index contributed by atoms with van der Waals surface area (Å²) in [4.78, 5) is 4.72. The standard InChI is InChI=1S/C16H29N5O/c1-3-15-17-18-16-12-20(8-9-21(15)16)11-14(22)10-19-6-4-13(2)5-7-19/h13-14,22H,3-12H2,1-2H3/t14-/m0/s1. The molecule has 22 heavy (non-hydrogen) atoms. The van der Waals surface area contributed by atoms with Crippen molar-refractivity contribution in [3.63, 3.8) is 0 Å². The van der Waals surface area contributed by atoms with Gasteiger partial charge in [0.2, 0.25) is 0 Å². The van der Waals surface area contributed by atoms with Crippen LogP contribution in [0.5, 0.6) is 0 Å². The molecule has 0 amide bonds. The Morgan fingerprint density at radius 1 is 1.09 bits per heavy atom. The molecule has 124 valence electrons. The molecule has 0 saturated carbocycles. The summed E-state index contributed by atoms with van der Waals surface area (Å²) in [6, 6.07) is 0. The molecule has 0 unspecified atom stereocenters. The number of fused-ring (bicyclic) bond motifs is 1. The molecule has 1 N–H and O–H groups in total. The first-order valence-corrected chi connectivity index (χ1v) is 8.69. The Labute approximate surface area is 133 Å². The van der Waals surface area contributed by atoms with Gasteiger partial charge in [-0.3, -0.25) is 4.90 Å². The van der Waals surface area contributed by atoms with E-state index < -0.39 is 0 Å². The smallest absolute Gasteiger partial charge is 0.147 e. The number of rotatable bonds is 5. The molecule has 6 nitrogen and oxygen atoms in total. The predicted octanol–water partition coefficient (Wildman–Crippen LogP) is 0.749. The highest BCUT2D eigenvalue weighted by atomic mass is 16.3. The molecular weight excluding hydrogens is 278 g/mol. The van der Waals surface area contributed by atoms with Crippen LogP contribution in [-0.4, -0.2) is 68.5 Å². The monoisotopic (exact) mass is 307 g/mol. The van der Waals surface area contributed by atoms with Gasteiger partial charge >= 0.3 is 0 Å². The van der Waals surface area contributed by atoms with Crippen LogP contribution in [-0.2, 0) is 19.5 Å². The van der Waals surface area contributed by atoms with Gasteiger partial charge in [-0.05, 0) is 31.8 Å². The van der Waals surface area contributed by atoms with Crippen LogP contribution in [0.15, 0.2) is 0 Å². The van der Waals surface area contributed by atoms with Gasteiger partial charge in [0.1, 0.15) is 11.6 Å². The van der Waals surface area contributed by atoms with E-state index in [9.17, 15) is 5.11 Å². The second-order valence-electron chi connectivity index (χ2n) is 6.91. The Morgan fingerprint density at radius 2 is 1.82 bits per heavy atom. The molecule has 1 aromatic heterocycles. The number of hydrogen-bond donors (Lipinski definition) is 1. The fraction of sp³-hybridized carbons (Fsp3) is 0.875. The number of aliphatic hydroxyl groups excluding tert-OH is 1. The summed E-state index contributed by atoms with van der Waals surface area (Å²) in [6.07, 6.45) is 3.19. The molecule has 2 aliphatic heterocycles. The van der Waals surface area contributed by atoms with Crippen LogP contribution in [0.4, 0.5) is 0 Å². The normalized spacial score (nSPS) is 22.7. The summed E-state index contributed by atoms with van der Waals surface area (Å²) < 4.78 is 2.23. The maximum absolute atomic E-state index is 10.4. The van der Waals surface area contributed by atoms with Crippen LogP contribution in [0.3, 0.4) is 0 Å². The minimum absolute atomic E-state index is 0.270. The first-order chi connectivity index (χ1) is 10.7. The summed E-state index contributed by atoms with van der Waals surface area (Å²) in [5.74, 6) is 2.97. The van der Waals surface area contributed by atoms with Crippen LogP contribution in [0.1, 0.15) is 38.3 Å². The van der Waals surface area contributed by atoms with Gasteiger partial charge in [-0.25, -0.2) is 0 Å². The van der Waals surface area contributed by atoms with Crippen LogP contribution < -0.4 is 0 Å². The Bertz CT molecular complexity index is 481. The van der Waals surface area contributed by atoms with Crippen molar-refractivity contribution in [3.8, 4) is 0 Å². The molecule has 3 heterocycles. The van der Waals surface area contributed by atoms with Crippen LogP contribution in [0.25, 0.3) is 0 Å². The second kappa shape index (κ2) is 7.06. The first kappa shape index (κ1) is 15.9. The van der Waals surface area contributed by atoms with Gasteiger partial charge in [0.25, 0.3) is 0 Å². The third-order valence-electron chi connectivity index (χ3n) is 5.04. The Balaban J connectivity index is 1.47. The Kier molecular flexibility index (Phi) is 5.10. The zero-order chi connectivity index (χ0) is 15.5. The van der Waals surface area contributed by atoms with Crippen molar-refractivity contribution in [2.24, 2.45) is 5.92 Å². The van der Waals surface area contributed by atoms with E-state index >= 15 is 0 Å². The fourth-order valence-electron chi connectivity index (χ4n) is 3.58. The number of aryl methyl sites for hydroxylation is 1. The molecule has 1 aromatic rings. The number of aliphatic hydroxyl groups is 1. The van der Waals surface area contributed by atoms with E-state index in [1.54, 1.807) is 0 Å². The number of piperidine rings is 1. The van der Waals surface area contributed by atoms with Crippen molar-refractivity contribution >= 4 is 0 Å². The van der Waals surface area contributed by atoms with Crippen molar-refractivity contribution in [2.75, 3.05) is 32.7 Å². The van der Waals surface area contributed by atoms with Crippen molar-refractivity contribution in [2.45, 2.75) is 52.3 Å². The van der Waals surface area contributed by atoms with Gasteiger partial charge in [0.05, 0.1) is 12.6 Å². The van der Waals surface area contributed by atoms with E-state index in [0.29, 0.717) is 0 Å². The van der Waals surface area contributed by atoms with Crippen molar-refractivity contribution in [1.82, 2.24) is 24.6 Å². The molecule has 1 saturated heterocycles. The highest BCUT2D eigenvalue weighted by Crippen LogP contribution is 2.17. The molecule has 0 radical (unpaired) electrons. The zero-order valence-electron chi connectivity index (χ0n) is 13.9. The first-order valence-electron chi connectivity index (χ1n) is 8.69. The van der Waals surface area contributed by atoms with E-state index in [1.807, 2.05) is 0 Å². The van der Waals surface area contributed by atoms with E-state index in [2.05, 4.69) is 38.4 Å². The number of hydrogen-bond acceptors (Lipinski definition) is 5. The van der Waals surface area contributed by atoms with Gasteiger partial charge in [0.15, 0.2) is 0 Å². The Hall–Kier alpha value is -0.980. The molecule has 0 spiro atoms. The van der Waals surface area contributed by atoms with Gasteiger partial charge in [-0.15, -0.1) is 10.2 Å². The molecule has 3 rings (SSSR count). The van der Waals surface area contributed by atoms with Gasteiger partial charge < -0.3 is 14.6 Å². The molecular formula is C16H29N5O. The third-order valence-corrected chi connectivity index (χ3v) is 5.04. The van der Waals surface area contributed by atoms with Crippen molar-refractivity contribution < 1.29 is 5.11 Å². The van der Waals surface area contributed by atoms with Gasteiger partial charge in [-0.1, -0.05) is 13.8 Å². The molecule has 6 heteroatoms. The van der Waals surface area contributed by atoms with E-state index in [1.165, 1.54) is 12.8 Å². The van der Waals surface area contributed by atoms with Crippen molar-refractivity contribution in [1.29, 1.82) is 0 Å². The summed E-state index contributed by atoms with van der Waals surface area (Å²) >= 11 is 0. The fourth-order valence-corrected chi connectivity index (χ4v) is 3.58. The summed E-state index contributed by atoms with van der Waals surface area (Å²) in [5.41, 5.74) is 0. The lowest BCUT2D eigenvalue weighted by Crippen LogP contribution is -2.45. The van der Waals surface area contributed by atoms with Gasteiger partial charge in [0, 0.05) is 32.6 Å². The molecule has 0 aliphatic carbocycles. The topological polar surface area (TPSA) is 57.4 Å². The molecule has 0 aromatic carbocycles. The number of nitrogens with zero attached hydrogens (tertiary/aromatic N) is 5. The quantitative estimate of drug-likeness (QED) is 0.870. The lowest BCUT2D eigenvalue weighted by atomic mass is 9.99. The molecule has 2 aliphatic rings. The average molecular weight is 307 g/mol. The highest BCUT2D eigenvalue weighted by Gasteiger charge is 2.24. The minimum atomic E-state index is -0.270. The summed E-state index contributed by atoms with van der Waals surface area (Å²) in [7, 11) is 0. The van der Waals surface area contributed by atoms with E-state index in [4.69, 9.17) is 0 Å². The largest absolute Gasteiger partial charge is 0.390 e. The van der Waals surface area contributed by atoms with Crippen LogP contribution in [0, 0.1) is 5.92 Å². The number of likely N-dealkylation sites (tertiary alicyclic amines) is 1. The Morgan fingerprint density at radius 3 is 2.55 bits per heavy atom. The second-order valence-corrected chi connectivity index (χ2v) is 6.91. The SMILES string of the molecule is CCc1nnc2n1CCN(C[C@@H](O)CN1CCC(C)CC1)C2. The lowest BCUT2D eigenvalue weighted by molar-refractivity contribution is 0.0529. The summed E-state index contributed by atoms with van der Waals surface area (Å²) in [5, 5.41) is 18.9. The molecule has 1 fully saturated rings. The number of β-amino-alcohol motifs (C(OH)–C–C–N with tert-alkyl or cyclic N) is 1. The van der Waals surface area contributed by atoms with Crippen LogP contribution in [0.2, 0.25) is 0 Å². The van der Waals surface area contributed by atoms with Crippen molar-refractivity contribution in [3.05, 3.63) is 11.6 Å².